The third-order valence-corrected chi connectivity index (χ3v) is 8.84. The summed E-state index contributed by atoms with van der Waals surface area (Å²) in [5.74, 6) is -2.25. The van der Waals surface area contributed by atoms with Crippen molar-refractivity contribution in [1.29, 1.82) is 0 Å². The quantitative estimate of drug-likeness (QED) is 0.140. The first kappa shape index (κ1) is 24.6. The maximum Gasteiger partial charge on any atom is 0.264 e. The number of nitrogens with zero attached hydrogens (tertiary/aromatic N) is 2. The second kappa shape index (κ2) is 8.30. The molecule has 0 aliphatic carbocycles. The van der Waals surface area contributed by atoms with Gasteiger partial charge in [-0.05, 0) is 69.4 Å². The Labute approximate surface area is 228 Å². The highest BCUT2D eigenvalue weighted by atomic mass is 32.2. The average Bonchev–Trinajstić information content (AvgIpc) is 2.93. The molecule has 200 valence electrons. The van der Waals surface area contributed by atoms with Crippen LogP contribution in [-0.2, 0) is 10.1 Å². The molecule has 0 atom stereocenters. The van der Waals surface area contributed by atoms with Gasteiger partial charge in [-0.15, -0.1) is 0 Å². The van der Waals surface area contributed by atoms with E-state index < -0.39 is 27.7 Å². The van der Waals surface area contributed by atoms with E-state index in [0.29, 0.717) is 46.0 Å². The second-order valence-corrected chi connectivity index (χ2v) is 11.9. The van der Waals surface area contributed by atoms with Gasteiger partial charge < -0.3 is 0 Å². The van der Waals surface area contributed by atoms with Gasteiger partial charge in [0.2, 0.25) is 0 Å². The first-order valence-corrected chi connectivity index (χ1v) is 14.6. The lowest BCUT2D eigenvalue weighted by molar-refractivity contribution is 0.0595. The highest BCUT2D eigenvalue weighted by Gasteiger charge is 2.36. The Kier molecular flexibility index (Phi) is 5.11. The average molecular weight is 555 g/mol. The number of hydrogen-bond donors (Lipinski definition) is 1. The molecule has 0 radical (unpaired) electrons. The number of carbonyl (C=O) groups is 4. The molecule has 0 saturated carbocycles. The van der Waals surface area contributed by atoms with Gasteiger partial charge in [-0.2, -0.15) is 8.42 Å². The lowest BCUT2D eigenvalue weighted by Crippen LogP contribution is -2.41. The molecule has 10 heteroatoms. The minimum atomic E-state index is -4.23. The van der Waals surface area contributed by atoms with Crippen molar-refractivity contribution in [3.63, 3.8) is 0 Å². The smallest absolute Gasteiger partial charge is 0.264 e. The van der Waals surface area contributed by atoms with Crippen LogP contribution in [-0.4, -0.2) is 65.2 Å². The van der Waals surface area contributed by atoms with Gasteiger partial charge in [-0.25, -0.2) is 0 Å². The molecule has 0 aromatic heterocycles. The van der Waals surface area contributed by atoms with Crippen molar-refractivity contribution in [2.45, 2.75) is 19.8 Å². The van der Waals surface area contributed by atoms with Crippen molar-refractivity contribution in [2.24, 2.45) is 0 Å². The van der Waals surface area contributed by atoms with Crippen LogP contribution in [0.5, 0.6) is 0 Å². The Morgan fingerprint density at radius 1 is 0.575 bits per heavy atom. The van der Waals surface area contributed by atoms with Crippen LogP contribution in [0, 0.1) is 0 Å². The summed E-state index contributed by atoms with van der Waals surface area (Å²) >= 11 is 0. The van der Waals surface area contributed by atoms with Crippen LogP contribution in [0.1, 0.15) is 61.2 Å². The van der Waals surface area contributed by atoms with E-state index >= 15 is 0 Å². The predicted octanol–water partition coefficient (Wildman–Crippen LogP) is 4.62. The number of fused-ring (bicyclic) bond motifs is 2. The maximum absolute atomic E-state index is 13.4. The van der Waals surface area contributed by atoms with Gasteiger partial charge in [-0.3, -0.25) is 33.5 Å². The largest absolute Gasteiger partial charge is 0.286 e. The molecule has 40 heavy (non-hydrogen) atoms. The topological polar surface area (TPSA) is 129 Å². The molecule has 0 fully saturated rings. The molecule has 1 N–H and O–H groups in total. The monoisotopic (exact) mass is 554 g/mol. The standard InChI is InChI=1S/C30H22N2O7S/c1-2-12-31-27(33)19-8-4-15-17-6-10-21-26-22(30(36)32(29(21)35)13-3-14-40(37,38)39)11-7-18(24(17)26)16-5-9-20(28(31)34)25(19)23(15)16/h4-11H,2-3,12-14H2,1H3,(H,37,38,39). The van der Waals surface area contributed by atoms with Crippen LogP contribution in [0.25, 0.3) is 43.1 Å². The fourth-order valence-electron chi connectivity index (χ4n) is 6.40. The van der Waals surface area contributed by atoms with Gasteiger partial charge in [0.05, 0.1) is 5.75 Å². The molecular formula is C30H22N2O7S. The number of amides is 4. The summed E-state index contributed by atoms with van der Waals surface area (Å²) in [7, 11) is -4.23. The molecule has 2 aliphatic heterocycles. The zero-order chi connectivity index (χ0) is 28.1. The van der Waals surface area contributed by atoms with Crippen molar-refractivity contribution in [1.82, 2.24) is 9.80 Å². The van der Waals surface area contributed by atoms with Gasteiger partial charge in [0, 0.05) is 46.1 Å². The molecule has 5 aromatic rings. The summed E-state index contributed by atoms with van der Waals surface area (Å²) in [5, 5.41) is 5.89. The molecular weight excluding hydrogens is 532 g/mol. The second-order valence-electron chi connectivity index (χ2n) is 10.3. The van der Waals surface area contributed by atoms with Gasteiger partial charge >= 0.3 is 0 Å². The molecule has 2 aliphatic rings. The summed E-state index contributed by atoms with van der Waals surface area (Å²) in [5.41, 5.74) is 1.61. The van der Waals surface area contributed by atoms with E-state index in [4.69, 9.17) is 4.55 Å². The van der Waals surface area contributed by atoms with Crippen LogP contribution in [0.4, 0.5) is 0 Å². The molecule has 0 unspecified atom stereocenters. The summed E-state index contributed by atoms with van der Waals surface area (Å²) in [6.07, 6.45) is 0.569. The molecule has 4 amide bonds. The molecule has 5 aromatic carbocycles. The molecule has 9 nitrogen and oxygen atoms in total. The fraction of sp³-hybridized carbons (Fsp3) is 0.200. The van der Waals surface area contributed by atoms with Gasteiger partial charge in [0.15, 0.2) is 0 Å². The van der Waals surface area contributed by atoms with Crippen molar-refractivity contribution < 1.29 is 32.1 Å². The van der Waals surface area contributed by atoms with Crippen LogP contribution in [0.15, 0.2) is 48.5 Å². The van der Waals surface area contributed by atoms with E-state index in [1.807, 2.05) is 31.2 Å². The summed E-state index contributed by atoms with van der Waals surface area (Å²) < 4.78 is 31.4. The van der Waals surface area contributed by atoms with Crippen LogP contribution in [0.3, 0.4) is 0 Å². The van der Waals surface area contributed by atoms with Crippen LogP contribution < -0.4 is 0 Å². The first-order valence-electron chi connectivity index (χ1n) is 13.0. The molecule has 0 bridgehead atoms. The SMILES string of the molecule is CCCN1C(=O)c2ccc3c4ccc5c6c(ccc(c7ccc(c2c37)C1=O)c64)C(=O)N(CCCS(=O)(=O)O)C5=O. The predicted molar refractivity (Wildman–Crippen MR) is 150 cm³/mol. The van der Waals surface area contributed by atoms with Gasteiger partial charge in [-0.1, -0.05) is 31.2 Å². The van der Waals surface area contributed by atoms with Crippen molar-refractivity contribution in [3.8, 4) is 0 Å². The lowest BCUT2D eigenvalue weighted by Gasteiger charge is -2.30. The van der Waals surface area contributed by atoms with Crippen LogP contribution in [0.2, 0.25) is 0 Å². The number of benzene rings is 5. The number of hydrogen-bond acceptors (Lipinski definition) is 6. The number of rotatable bonds is 6. The van der Waals surface area contributed by atoms with E-state index in [1.165, 1.54) is 4.90 Å². The van der Waals surface area contributed by atoms with Gasteiger partial charge in [0.25, 0.3) is 33.7 Å². The third-order valence-electron chi connectivity index (χ3n) is 8.04. The van der Waals surface area contributed by atoms with Crippen molar-refractivity contribution >= 4 is 76.8 Å². The number of carbonyl (C=O) groups excluding carboxylic acids is 4. The Morgan fingerprint density at radius 2 is 0.925 bits per heavy atom. The molecule has 0 spiro atoms. The van der Waals surface area contributed by atoms with E-state index in [2.05, 4.69) is 0 Å². The highest BCUT2D eigenvalue weighted by Crippen LogP contribution is 2.46. The first-order chi connectivity index (χ1) is 19.1. The highest BCUT2D eigenvalue weighted by molar-refractivity contribution is 7.85. The molecule has 7 rings (SSSR count). The minimum absolute atomic E-state index is 0.0852. The summed E-state index contributed by atoms with van der Waals surface area (Å²) in [6, 6.07) is 14.2. The van der Waals surface area contributed by atoms with Gasteiger partial charge in [0.1, 0.15) is 0 Å². The Balaban J connectivity index is 1.48. The zero-order valence-corrected chi connectivity index (χ0v) is 22.2. The normalized spacial score (nSPS) is 15.6. The van der Waals surface area contributed by atoms with Crippen LogP contribution >= 0.6 is 0 Å². The van der Waals surface area contributed by atoms with Crippen molar-refractivity contribution in [3.05, 3.63) is 70.8 Å². The van der Waals surface area contributed by atoms with E-state index in [0.717, 1.165) is 37.2 Å². The Morgan fingerprint density at radius 3 is 1.25 bits per heavy atom. The maximum atomic E-state index is 13.4. The van der Waals surface area contributed by atoms with E-state index in [1.54, 1.807) is 24.3 Å². The summed E-state index contributed by atoms with van der Waals surface area (Å²) in [4.78, 5) is 55.8. The molecule has 0 saturated heterocycles. The zero-order valence-electron chi connectivity index (χ0n) is 21.4. The number of imide groups is 2. The Hall–Kier alpha value is -4.41. The lowest BCUT2D eigenvalue weighted by atomic mass is 9.82. The van der Waals surface area contributed by atoms with E-state index in [-0.39, 0.29) is 24.8 Å². The van der Waals surface area contributed by atoms with Crippen molar-refractivity contribution in [2.75, 3.05) is 18.8 Å². The minimum Gasteiger partial charge on any atom is -0.286 e. The third kappa shape index (κ3) is 3.20. The fourth-order valence-corrected chi connectivity index (χ4v) is 6.90. The van der Waals surface area contributed by atoms with E-state index in [9.17, 15) is 27.6 Å². The molecule has 2 heterocycles. The summed E-state index contributed by atoms with van der Waals surface area (Å²) in [6.45, 7) is 2.11. The Bertz CT molecular complexity index is 2000.